The van der Waals surface area contributed by atoms with Crippen molar-refractivity contribution >= 4 is 17.8 Å². The van der Waals surface area contributed by atoms with Crippen molar-refractivity contribution in [1.82, 2.24) is 20.4 Å². The molecule has 0 saturated carbocycles. The van der Waals surface area contributed by atoms with E-state index in [2.05, 4.69) is 10.6 Å². The third kappa shape index (κ3) is 4.19. The van der Waals surface area contributed by atoms with Crippen molar-refractivity contribution in [3.8, 4) is 0 Å². The maximum Gasteiger partial charge on any atom is 0.321 e. The third-order valence-corrected chi connectivity index (χ3v) is 3.51. The summed E-state index contributed by atoms with van der Waals surface area (Å²) >= 11 is 0. The molecule has 7 heteroatoms. The molecule has 2 N–H and O–H groups in total. The number of nitrogens with zero attached hydrogens (tertiary/aromatic N) is 2. The van der Waals surface area contributed by atoms with Crippen molar-refractivity contribution in [3.63, 3.8) is 0 Å². The summed E-state index contributed by atoms with van der Waals surface area (Å²) in [6.45, 7) is 8.05. The summed E-state index contributed by atoms with van der Waals surface area (Å²) in [7, 11) is 1.46. The maximum atomic E-state index is 11.9. The Bertz CT molecular complexity index is 376. The molecule has 1 rings (SSSR count). The van der Waals surface area contributed by atoms with Crippen LogP contribution in [0.15, 0.2) is 0 Å². The van der Waals surface area contributed by atoms with Crippen molar-refractivity contribution in [3.05, 3.63) is 0 Å². The van der Waals surface area contributed by atoms with Gasteiger partial charge in [-0.1, -0.05) is 13.8 Å². The monoisotopic (exact) mass is 284 g/mol. The molecule has 7 nitrogen and oxygen atoms in total. The molecule has 1 saturated heterocycles. The highest BCUT2D eigenvalue weighted by atomic mass is 16.2. The van der Waals surface area contributed by atoms with E-state index in [1.165, 1.54) is 7.05 Å². The van der Waals surface area contributed by atoms with Gasteiger partial charge in [0.15, 0.2) is 0 Å². The minimum absolute atomic E-state index is 0.00415. The van der Waals surface area contributed by atoms with Crippen LogP contribution in [-0.4, -0.2) is 66.9 Å². The Morgan fingerprint density at radius 1 is 1.00 bits per heavy atom. The van der Waals surface area contributed by atoms with Crippen molar-refractivity contribution < 1.29 is 14.4 Å². The van der Waals surface area contributed by atoms with Crippen LogP contribution in [0.5, 0.6) is 0 Å². The number of piperazine rings is 1. The quantitative estimate of drug-likeness (QED) is 0.741. The van der Waals surface area contributed by atoms with E-state index in [1.807, 2.05) is 23.6 Å². The molecule has 1 unspecified atom stereocenters. The van der Waals surface area contributed by atoms with Crippen molar-refractivity contribution in [2.24, 2.45) is 5.92 Å². The second-order valence-electron chi connectivity index (χ2n) is 5.26. The van der Waals surface area contributed by atoms with Crippen LogP contribution in [-0.2, 0) is 9.59 Å². The summed E-state index contributed by atoms with van der Waals surface area (Å²) < 4.78 is 0. The average molecular weight is 284 g/mol. The fourth-order valence-electron chi connectivity index (χ4n) is 2.14. The molecule has 0 radical (unpaired) electrons. The van der Waals surface area contributed by atoms with Crippen LogP contribution in [0.2, 0.25) is 0 Å². The number of amides is 4. The summed E-state index contributed by atoms with van der Waals surface area (Å²) in [6.07, 6.45) is 0. The molecule has 0 aromatic carbocycles. The second-order valence-corrected chi connectivity index (χ2v) is 5.26. The average Bonchev–Trinajstić information content (AvgIpc) is 2.45. The minimum atomic E-state index is -0.504. The number of carbonyl (C=O) groups is 3. The molecular formula is C13H24N4O3. The van der Waals surface area contributed by atoms with Crippen LogP contribution in [0.1, 0.15) is 20.8 Å². The van der Waals surface area contributed by atoms with Crippen LogP contribution in [0, 0.1) is 5.92 Å². The van der Waals surface area contributed by atoms with Crippen LogP contribution in [0.4, 0.5) is 4.79 Å². The first-order chi connectivity index (χ1) is 9.36. The zero-order valence-corrected chi connectivity index (χ0v) is 12.6. The molecule has 0 aromatic rings. The fourth-order valence-corrected chi connectivity index (χ4v) is 2.14. The molecule has 0 aromatic heterocycles. The Labute approximate surface area is 119 Å². The van der Waals surface area contributed by atoms with Gasteiger partial charge in [-0.15, -0.1) is 0 Å². The maximum absolute atomic E-state index is 11.9. The first-order valence-electron chi connectivity index (χ1n) is 6.92. The third-order valence-electron chi connectivity index (χ3n) is 3.51. The molecule has 1 heterocycles. The number of rotatable bonds is 3. The Balaban J connectivity index is 2.46. The number of imide groups is 1. The van der Waals surface area contributed by atoms with E-state index < -0.39 is 6.03 Å². The zero-order valence-electron chi connectivity index (χ0n) is 12.6. The summed E-state index contributed by atoms with van der Waals surface area (Å²) in [4.78, 5) is 38.6. The van der Waals surface area contributed by atoms with E-state index in [1.54, 1.807) is 6.92 Å². The lowest BCUT2D eigenvalue weighted by Gasteiger charge is -2.37. The van der Waals surface area contributed by atoms with Crippen molar-refractivity contribution in [2.45, 2.75) is 26.8 Å². The van der Waals surface area contributed by atoms with E-state index in [9.17, 15) is 14.4 Å². The molecule has 1 fully saturated rings. The number of hydrogen-bond donors (Lipinski definition) is 2. The molecule has 1 aliphatic rings. The predicted molar refractivity (Wildman–Crippen MR) is 75.1 cm³/mol. The van der Waals surface area contributed by atoms with Gasteiger partial charge < -0.3 is 10.2 Å². The first kappa shape index (κ1) is 16.4. The zero-order chi connectivity index (χ0) is 15.3. The molecule has 0 spiro atoms. The van der Waals surface area contributed by atoms with E-state index >= 15 is 0 Å². The second kappa shape index (κ2) is 7.23. The Kier molecular flexibility index (Phi) is 5.94. The Morgan fingerprint density at radius 3 is 2.00 bits per heavy atom. The molecule has 1 atom stereocenters. The highest BCUT2D eigenvalue weighted by molar-refractivity contribution is 5.96. The topological polar surface area (TPSA) is 81.8 Å². The van der Waals surface area contributed by atoms with Gasteiger partial charge in [0.1, 0.15) is 0 Å². The lowest BCUT2D eigenvalue weighted by atomic mass is 10.1. The van der Waals surface area contributed by atoms with E-state index in [0.29, 0.717) is 26.2 Å². The number of carbonyl (C=O) groups excluding carboxylic acids is 3. The summed E-state index contributed by atoms with van der Waals surface area (Å²) in [5.41, 5.74) is 0. The van der Waals surface area contributed by atoms with Crippen molar-refractivity contribution in [2.75, 3.05) is 33.2 Å². The first-order valence-corrected chi connectivity index (χ1v) is 6.92. The summed E-state index contributed by atoms with van der Waals surface area (Å²) in [5.74, 6) is -0.185. The van der Waals surface area contributed by atoms with Crippen LogP contribution in [0.3, 0.4) is 0 Å². The molecule has 0 aliphatic carbocycles. The molecule has 4 amide bonds. The highest BCUT2D eigenvalue weighted by Gasteiger charge is 2.28. The van der Waals surface area contributed by atoms with Gasteiger partial charge in [0, 0.05) is 39.1 Å². The lowest BCUT2D eigenvalue weighted by Crippen LogP contribution is -2.56. The fraction of sp³-hybridized carbons (Fsp3) is 0.769. The van der Waals surface area contributed by atoms with Crippen LogP contribution in [0.25, 0.3) is 0 Å². The number of hydrogen-bond acceptors (Lipinski definition) is 4. The predicted octanol–water partition coefficient (Wildman–Crippen LogP) is -0.369. The summed E-state index contributed by atoms with van der Waals surface area (Å²) in [5, 5.41) is 4.61. The minimum Gasteiger partial charge on any atom is -0.341 e. The molecular weight excluding hydrogens is 260 g/mol. The molecule has 0 bridgehead atoms. The highest BCUT2D eigenvalue weighted by Crippen LogP contribution is 2.09. The lowest BCUT2D eigenvalue weighted by molar-refractivity contribution is -0.137. The van der Waals surface area contributed by atoms with Gasteiger partial charge >= 0.3 is 6.03 Å². The van der Waals surface area contributed by atoms with Crippen LogP contribution < -0.4 is 10.6 Å². The number of urea groups is 1. The van der Waals surface area contributed by atoms with E-state index in [4.69, 9.17) is 0 Å². The SMILES string of the molecule is CNC(=O)NC(=O)C(C)N1CCN(C(=O)C(C)C)CC1. The van der Waals surface area contributed by atoms with Crippen LogP contribution >= 0.6 is 0 Å². The molecule has 1 aliphatic heterocycles. The molecule has 20 heavy (non-hydrogen) atoms. The van der Waals surface area contributed by atoms with E-state index in [-0.39, 0.29) is 23.8 Å². The standard InChI is InChI=1S/C13H24N4O3/c1-9(2)12(19)17-7-5-16(6-8-17)10(3)11(18)15-13(20)14-4/h9-10H,5-8H2,1-4H3,(H2,14,15,18,20). The number of nitrogens with one attached hydrogen (secondary N) is 2. The summed E-state index contributed by atoms with van der Waals surface area (Å²) in [6, 6.07) is -0.890. The van der Waals surface area contributed by atoms with Gasteiger partial charge in [-0.2, -0.15) is 0 Å². The smallest absolute Gasteiger partial charge is 0.321 e. The van der Waals surface area contributed by atoms with E-state index in [0.717, 1.165) is 0 Å². The van der Waals surface area contributed by atoms with Crippen molar-refractivity contribution in [1.29, 1.82) is 0 Å². The normalized spacial score (nSPS) is 17.8. The molecule has 114 valence electrons. The largest absolute Gasteiger partial charge is 0.341 e. The Morgan fingerprint density at radius 2 is 1.55 bits per heavy atom. The van der Waals surface area contributed by atoms with Gasteiger partial charge in [0.25, 0.3) is 0 Å². The van der Waals surface area contributed by atoms with Gasteiger partial charge in [0.2, 0.25) is 11.8 Å². The van der Waals surface area contributed by atoms with Gasteiger partial charge in [-0.3, -0.25) is 19.8 Å². The van der Waals surface area contributed by atoms with Gasteiger partial charge in [-0.25, -0.2) is 4.79 Å². The van der Waals surface area contributed by atoms with Gasteiger partial charge in [-0.05, 0) is 6.92 Å². The Hall–Kier alpha value is -1.63. The van der Waals surface area contributed by atoms with Gasteiger partial charge in [0.05, 0.1) is 6.04 Å².